The number of pyridine rings is 1. The number of hydrogen-bond donors (Lipinski definition) is 1. The zero-order valence-electron chi connectivity index (χ0n) is 13.0. The maximum atomic E-state index is 12.5. The number of amides is 1. The Morgan fingerprint density at radius 1 is 1.17 bits per heavy atom. The number of aromatic nitrogens is 1. The van der Waals surface area contributed by atoms with Gasteiger partial charge < -0.3 is 19.7 Å². The first-order chi connectivity index (χ1) is 11.3. The van der Waals surface area contributed by atoms with E-state index in [1.165, 1.54) is 0 Å². The summed E-state index contributed by atoms with van der Waals surface area (Å²) in [7, 11) is 1.63. The van der Waals surface area contributed by atoms with Crippen LogP contribution in [0.2, 0.25) is 0 Å². The summed E-state index contributed by atoms with van der Waals surface area (Å²) in [6.45, 7) is 2.41. The molecule has 23 heavy (non-hydrogen) atoms. The third-order valence-electron chi connectivity index (χ3n) is 3.66. The molecule has 0 unspecified atom stereocenters. The van der Waals surface area contributed by atoms with E-state index in [-0.39, 0.29) is 5.91 Å². The Balaban J connectivity index is 1.72. The first kappa shape index (κ1) is 15.3. The van der Waals surface area contributed by atoms with Crippen molar-refractivity contribution in [2.75, 3.05) is 38.7 Å². The molecule has 0 spiro atoms. The van der Waals surface area contributed by atoms with Gasteiger partial charge in [0.15, 0.2) is 0 Å². The summed E-state index contributed by atoms with van der Waals surface area (Å²) in [6, 6.07) is 9.39. The van der Waals surface area contributed by atoms with Gasteiger partial charge >= 0.3 is 0 Å². The summed E-state index contributed by atoms with van der Waals surface area (Å²) in [5.74, 6) is 0.782. The molecule has 0 radical (unpaired) electrons. The third-order valence-corrected chi connectivity index (χ3v) is 3.66. The molecule has 1 saturated heterocycles. The molecule has 0 aliphatic carbocycles. The SMILES string of the molecule is COc1ccc(Nc2cncc(C(=O)N3CCOCC3)c2)cc1. The van der Waals surface area contributed by atoms with Gasteiger partial charge in [0.1, 0.15) is 5.75 Å². The van der Waals surface area contributed by atoms with E-state index in [9.17, 15) is 4.79 Å². The first-order valence-electron chi connectivity index (χ1n) is 7.49. The van der Waals surface area contributed by atoms with E-state index in [0.717, 1.165) is 17.1 Å². The van der Waals surface area contributed by atoms with Crippen molar-refractivity contribution in [2.45, 2.75) is 0 Å². The van der Waals surface area contributed by atoms with E-state index in [1.54, 1.807) is 24.4 Å². The molecule has 3 rings (SSSR count). The van der Waals surface area contributed by atoms with E-state index in [0.29, 0.717) is 31.9 Å². The zero-order chi connectivity index (χ0) is 16.1. The predicted octanol–water partition coefficient (Wildman–Crippen LogP) is 2.31. The van der Waals surface area contributed by atoms with E-state index in [1.807, 2.05) is 30.3 Å². The fourth-order valence-electron chi connectivity index (χ4n) is 2.42. The minimum atomic E-state index is -0.0146. The van der Waals surface area contributed by atoms with E-state index >= 15 is 0 Å². The number of carbonyl (C=O) groups is 1. The number of benzene rings is 1. The van der Waals surface area contributed by atoms with Gasteiger partial charge in [0.25, 0.3) is 5.91 Å². The van der Waals surface area contributed by atoms with Gasteiger partial charge in [0, 0.05) is 25.0 Å². The molecule has 1 fully saturated rings. The molecule has 0 saturated carbocycles. The van der Waals surface area contributed by atoms with Gasteiger partial charge in [0.05, 0.1) is 37.8 Å². The number of carbonyl (C=O) groups excluding carboxylic acids is 1. The van der Waals surface area contributed by atoms with Gasteiger partial charge in [-0.1, -0.05) is 0 Å². The molecule has 2 aromatic rings. The minimum Gasteiger partial charge on any atom is -0.497 e. The van der Waals surface area contributed by atoms with Crippen molar-refractivity contribution >= 4 is 17.3 Å². The molecule has 1 aliphatic heterocycles. The van der Waals surface area contributed by atoms with E-state index in [2.05, 4.69) is 10.3 Å². The monoisotopic (exact) mass is 313 g/mol. The summed E-state index contributed by atoms with van der Waals surface area (Å²) >= 11 is 0. The lowest BCUT2D eigenvalue weighted by Crippen LogP contribution is -2.40. The van der Waals surface area contributed by atoms with Crippen LogP contribution in [0, 0.1) is 0 Å². The Hall–Kier alpha value is -2.60. The third kappa shape index (κ3) is 3.78. The first-order valence-corrected chi connectivity index (χ1v) is 7.49. The fraction of sp³-hybridized carbons (Fsp3) is 0.294. The topological polar surface area (TPSA) is 63.7 Å². The van der Waals surface area contributed by atoms with E-state index < -0.39 is 0 Å². The smallest absolute Gasteiger partial charge is 0.255 e. The van der Waals surface area contributed by atoms with Crippen LogP contribution >= 0.6 is 0 Å². The lowest BCUT2D eigenvalue weighted by molar-refractivity contribution is 0.0302. The standard InChI is InChI=1S/C17H19N3O3/c1-22-16-4-2-14(3-5-16)19-15-10-13(11-18-12-15)17(21)20-6-8-23-9-7-20/h2-5,10-12,19H,6-9H2,1H3. The molecular formula is C17H19N3O3. The Labute approximate surface area is 135 Å². The highest BCUT2D eigenvalue weighted by molar-refractivity contribution is 5.95. The molecular weight excluding hydrogens is 294 g/mol. The van der Waals surface area contributed by atoms with Crippen LogP contribution in [0.15, 0.2) is 42.7 Å². The van der Waals surface area contributed by atoms with Gasteiger partial charge in [-0.25, -0.2) is 0 Å². The van der Waals surface area contributed by atoms with Crippen LogP contribution in [0.25, 0.3) is 0 Å². The van der Waals surface area contributed by atoms with Gasteiger partial charge in [-0.15, -0.1) is 0 Å². The van der Waals surface area contributed by atoms with Crippen LogP contribution in [0.4, 0.5) is 11.4 Å². The van der Waals surface area contributed by atoms with E-state index in [4.69, 9.17) is 9.47 Å². The molecule has 120 valence electrons. The lowest BCUT2D eigenvalue weighted by Gasteiger charge is -2.26. The van der Waals surface area contributed by atoms with Gasteiger partial charge in [-0.05, 0) is 30.3 Å². The molecule has 6 heteroatoms. The molecule has 1 aromatic carbocycles. The van der Waals surface area contributed by atoms with Crippen LogP contribution < -0.4 is 10.1 Å². The molecule has 0 atom stereocenters. The molecule has 2 heterocycles. The highest BCUT2D eigenvalue weighted by Crippen LogP contribution is 2.20. The number of anilines is 2. The lowest BCUT2D eigenvalue weighted by atomic mass is 10.2. The normalized spacial score (nSPS) is 14.4. The zero-order valence-corrected chi connectivity index (χ0v) is 13.0. The average Bonchev–Trinajstić information content (AvgIpc) is 2.63. The Kier molecular flexibility index (Phi) is 4.73. The summed E-state index contributed by atoms with van der Waals surface area (Å²) in [4.78, 5) is 18.4. The van der Waals surface area contributed by atoms with Crippen molar-refractivity contribution in [3.63, 3.8) is 0 Å². The molecule has 0 bridgehead atoms. The second-order valence-corrected chi connectivity index (χ2v) is 5.22. The number of rotatable bonds is 4. The maximum absolute atomic E-state index is 12.5. The minimum absolute atomic E-state index is 0.0146. The number of methoxy groups -OCH3 is 1. The molecule has 1 aliphatic rings. The van der Waals surface area contributed by atoms with Crippen molar-refractivity contribution in [3.8, 4) is 5.75 Å². The van der Waals surface area contributed by atoms with Crippen molar-refractivity contribution in [1.29, 1.82) is 0 Å². The summed E-state index contributed by atoms with van der Waals surface area (Å²) in [6.07, 6.45) is 3.29. The maximum Gasteiger partial charge on any atom is 0.255 e. The predicted molar refractivity (Wildman–Crippen MR) is 87.2 cm³/mol. The number of nitrogens with zero attached hydrogens (tertiary/aromatic N) is 2. The van der Waals surface area contributed by atoms with Crippen molar-refractivity contribution in [2.24, 2.45) is 0 Å². The summed E-state index contributed by atoms with van der Waals surface area (Å²) in [5, 5.41) is 3.24. The summed E-state index contributed by atoms with van der Waals surface area (Å²) in [5.41, 5.74) is 2.25. The molecule has 1 aromatic heterocycles. The highest BCUT2D eigenvalue weighted by Gasteiger charge is 2.18. The number of nitrogens with one attached hydrogen (secondary N) is 1. The molecule has 1 N–H and O–H groups in total. The number of ether oxygens (including phenoxy) is 2. The highest BCUT2D eigenvalue weighted by atomic mass is 16.5. The second kappa shape index (κ2) is 7.11. The molecule has 6 nitrogen and oxygen atoms in total. The van der Waals surface area contributed by atoms with Gasteiger partial charge in [-0.3, -0.25) is 9.78 Å². The second-order valence-electron chi connectivity index (χ2n) is 5.22. The van der Waals surface area contributed by atoms with Crippen LogP contribution in [-0.2, 0) is 4.74 Å². The average molecular weight is 313 g/mol. The van der Waals surface area contributed by atoms with Crippen LogP contribution in [0.1, 0.15) is 10.4 Å². The van der Waals surface area contributed by atoms with Gasteiger partial charge in [-0.2, -0.15) is 0 Å². The van der Waals surface area contributed by atoms with Crippen molar-refractivity contribution in [1.82, 2.24) is 9.88 Å². The summed E-state index contributed by atoms with van der Waals surface area (Å²) < 4.78 is 10.4. The Morgan fingerprint density at radius 2 is 1.91 bits per heavy atom. The quantitative estimate of drug-likeness (QED) is 0.938. The van der Waals surface area contributed by atoms with Crippen molar-refractivity contribution < 1.29 is 14.3 Å². The van der Waals surface area contributed by atoms with Crippen molar-refractivity contribution in [3.05, 3.63) is 48.3 Å². The van der Waals surface area contributed by atoms with Gasteiger partial charge in [0.2, 0.25) is 0 Å². The largest absolute Gasteiger partial charge is 0.497 e. The Bertz CT molecular complexity index is 667. The van der Waals surface area contributed by atoms with Crippen LogP contribution in [0.3, 0.4) is 0 Å². The number of morpholine rings is 1. The molecule has 1 amide bonds. The Morgan fingerprint density at radius 3 is 2.61 bits per heavy atom. The fourth-order valence-corrected chi connectivity index (χ4v) is 2.42. The van der Waals surface area contributed by atoms with Crippen LogP contribution in [-0.4, -0.2) is 49.2 Å². The number of hydrogen-bond acceptors (Lipinski definition) is 5. The van der Waals surface area contributed by atoms with Crippen LogP contribution in [0.5, 0.6) is 5.75 Å².